The number of amides is 2. The second-order valence-electron chi connectivity index (χ2n) is 18.5. The maximum atomic E-state index is 14.0. The smallest absolute Gasteiger partial charge is 0.381 e. The van der Waals surface area contributed by atoms with Crippen molar-refractivity contribution in [2.24, 2.45) is 11.8 Å². The molecule has 23 heteroatoms. The lowest BCUT2D eigenvalue weighted by molar-refractivity contribution is -0.142. The fraction of sp³-hybridized carbons (Fsp3) is 0.480. The van der Waals surface area contributed by atoms with Crippen LogP contribution in [0, 0.1) is 37.3 Å². The maximum absolute atomic E-state index is 14.0. The molecule has 4 aromatic heterocycles. The highest BCUT2D eigenvalue weighted by molar-refractivity contribution is 14.1. The van der Waals surface area contributed by atoms with Gasteiger partial charge in [-0.1, -0.05) is 22.6 Å². The summed E-state index contributed by atoms with van der Waals surface area (Å²) in [6, 6.07) is 12.8. The van der Waals surface area contributed by atoms with E-state index in [9.17, 15) is 44.7 Å². The molecule has 0 saturated carbocycles. The molecule has 0 radical (unpaired) electrons. The average molecular weight is 1140 g/mol. The number of anilines is 2. The number of carbonyl (C=O) groups excluding carboxylic acids is 2. The summed E-state index contributed by atoms with van der Waals surface area (Å²) >= 11 is 2.43. The van der Waals surface area contributed by atoms with Crippen molar-refractivity contribution in [1.29, 1.82) is 0 Å². The summed E-state index contributed by atoms with van der Waals surface area (Å²) in [6.45, 7) is 6.71. The largest absolute Gasteiger partial charge is 0.435 e. The lowest BCUT2D eigenvalue weighted by Gasteiger charge is -2.33. The van der Waals surface area contributed by atoms with E-state index >= 15 is 0 Å². The topological polar surface area (TPSA) is 130 Å². The van der Waals surface area contributed by atoms with Crippen molar-refractivity contribution < 1.29 is 54.2 Å². The van der Waals surface area contributed by atoms with Crippen molar-refractivity contribution in [3.63, 3.8) is 0 Å². The Bertz CT molecular complexity index is 2810. The number of nitrogens with zero attached hydrogens (tertiary/aromatic N) is 10. The van der Waals surface area contributed by atoms with Crippen molar-refractivity contribution in [2.75, 3.05) is 53.7 Å². The van der Waals surface area contributed by atoms with Crippen molar-refractivity contribution >= 4 is 45.8 Å². The lowest BCUT2D eigenvalue weighted by atomic mass is 9.91. The molecule has 392 valence electrons. The highest BCUT2D eigenvalue weighted by Crippen LogP contribution is 2.37. The fourth-order valence-electron chi connectivity index (χ4n) is 9.47. The van der Waals surface area contributed by atoms with Crippen LogP contribution in [-0.2, 0) is 50.8 Å². The molecule has 4 aliphatic rings. The van der Waals surface area contributed by atoms with Crippen LogP contribution in [0.5, 0.6) is 0 Å². The highest BCUT2D eigenvalue weighted by atomic mass is 127. The van der Waals surface area contributed by atoms with Crippen LogP contribution in [0.3, 0.4) is 0 Å². The molecule has 8 heterocycles. The number of carbonyl (C=O) groups is 2. The number of aromatic nitrogens is 8. The minimum atomic E-state index is -4.60. The van der Waals surface area contributed by atoms with Crippen LogP contribution in [0.15, 0.2) is 73.1 Å². The van der Waals surface area contributed by atoms with Crippen LogP contribution < -0.4 is 9.80 Å². The van der Waals surface area contributed by atoms with Gasteiger partial charge in [-0.2, -0.15) is 46.7 Å². The number of halogens is 9. The molecule has 2 amide bonds. The zero-order valence-electron chi connectivity index (χ0n) is 40.2. The summed E-state index contributed by atoms with van der Waals surface area (Å²) in [5, 5.41) is 16.1. The summed E-state index contributed by atoms with van der Waals surface area (Å²) in [7, 11) is 0. The van der Waals surface area contributed by atoms with Gasteiger partial charge in [0.1, 0.15) is 24.2 Å². The van der Waals surface area contributed by atoms with E-state index in [1.165, 1.54) is 58.0 Å². The van der Waals surface area contributed by atoms with Gasteiger partial charge in [0.2, 0.25) is 5.91 Å². The predicted molar refractivity (Wildman–Crippen MR) is 262 cm³/mol. The van der Waals surface area contributed by atoms with Crippen molar-refractivity contribution in [3.05, 3.63) is 119 Å². The molecule has 2 aromatic carbocycles. The molecule has 0 N–H and O–H groups in total. The van der Waals surface area contributed by atoms with Gasteiger partial charge >= 0.3 is 12.4 Å². The molecule has 0 spiro atoms. The van der Waals surface area contributed by atoms with Gasteiger partial charge in [0.25, 0.3) is 5.91 Å². The molecule has 14 nitrogen and oxygen atoms in total. The normalized spacial score (nSPS) is 17.7. The monoisotopic (exact) mass is 1140 g/mol. The molecule has 73 heavy (non-hydrogen) atoms. The Morgan fingerprint density at radius 1 is 0.685 bits per heavy atom. The zero-order valence-corrected chi connectivity index (χ0v) is 42.3. The Balaban J connectivity index is 0.000000172. The van der Waals surface area contributed by atoms with Gasteiger partial charge in [-0.3, -0.25) is 19.0 Å². The Labute approximate surface area is 429 Å². The van der Waals surface area contributed by atoms with Crippen molar-refractivity contribution in [2.45, 2.75) is 96.6 Å². The van der Waals surface area contributed by atoms with Gasteiger partial charge in [0.15, 0.2) is 11.4 Å². The molecule has 4 aliphatic heterocycles. The van der Waals surface area contributed by atoms with Gasteiger partial charge in [0, 0.05) is 48.7 Å². The summed E-state index contributed by atoms with van der Waals surface area (Å²) in [5.74, 6) is -0.411. The molecule has 2 fully saturated rings. The van der Waals surface area contributed by atoms with E-state index in [1.807, 2.05) is 0 Å². The third kappa shape index (κ3) is 12.8. The number of fused-ring (bicyclic) bond motifs is 2. The van der Waals surface area contributed by atoms with Crippen LogP contribution in [0.4, 0.5) is 46.5 Å². The second kappa shape index (κ2) is 23.2. The average Bonchev–Trinajstić information content (AvgIpc) is 4.20. The molecule has 2 saturated heterocycles. The second-order valence-corrected chi connectivity index (χ2v) is 19.3. The Hall–Kier alpha value is -5.69. The summed E-state index contributed by atoms with van der Waals surface area (Å²) in [6.07, 6.45) is 1.18. The first-order valence-corrected chi connectivity index (χ1v) is 25.7. The van der Waals surface area contributed by atoms with E-state index in [-0.39, 0.29) is 47.3 Å². The number of rotatable bonds is 9. The summed E-state index contributed by atoms with van der Waals surface area (Å²) < 4.78 is 123. The van der Waals surface area contributed by atoms with Crippen LogP contribution in [0.1, 0.15) is 85.2 Å². The van der Waals surface area contributed by atoms with E-state index in [0.29, 0.717) is 81.2 Å². The predicted octanol–water partition coefficient (Wildman–Crippen LogP) is 10.2. The molecule has 10 rings (SSSR count). The number of hydrogen-bond donors (Lipinski definition) is 0. The van der Waals surface area contributed by atoms with Crippen LogP contribution >= 0.6 is 22.6 Å². The minimum Gasteiger partial charge on any atom is -0.381 e. The van der Waals surface area contributed by atoms with Crippen molar-refractivity contribution in [1.82, 2.24) is 39.1 Å². The summed E-state index contributed by atoms with van der Waals surface area (Å²) in [5.41, 5.74) is 2.67. The van der Waals surface area contributed by atoms with Gasteiger partial charge in [-0.25, -0.2) is 18.1 Å². The van der Waals surface area contributed by atoms with E-state index in [2.05, 4.69) is 43.0 Å². The molecule has 0 aliphatic carbocycles. The summed E-state index contributed by atoms with van der Waals surface area (Å²) in [4.78, 5) is 30.0. The van der Waals surface area contributed by atoms with Crippen LogP contribution in [0.25, 0.3) is 11.4 Å². The van der Waals surface area contributed by atoms with E-state index in [0.717, 1.165) is 60.2 Å². The standard InChI is InChI=1S/C25H27F4N5O2.C19H17F4N5O.C6H11IO/c1-16-13-23(25(27,28)29)31-33(16)21(14-17-8-11-36-12-9-17)24(35)32-10-2-3-20-22(32)15-30-34(20)19-6-4-18(26)5-7-19;1-12-9-17(19(21,22)23)25-27(12)11-18(29)26-8-2-3-15-16(26)10-24-28(15)14-6-4-13(20)5-7-14;7-4-6-2-1-3-8-5-6/h4-7,13,15,17,21H,2-3,8-12,14H2,1H3;4-7,9-10H,2-3,8,11H2,1H3;6H,1-5H2. The van der Waals surface area contributed by atoms with Crippen LogP contribution in [-0.4, -0.2) is 94.9 Å². The van der Waals surface area contributed by atoms with E-state index in [1.54, 1.807) is 57.8 Å². The Kier molecular flexibility index (Phi) is 17.1. The third-order valence-corrected chi connectivity index (χ3v) is 14.5. The molecule has 2 atom stereocenters. The van der Waals surface area contributed by atoms with E-state index in [4.69, 9.17) is 9.47 Å². The molecular formula is C50H55F8IN10O4. The van der Waals surface area contributed by atoms with E-state index < -0.39 is 29.8 Å². The van der Waals surface area contributed by atoms with Crippen LogP contribution in [0.2, 0.25) is 0 Å². The zero-order chi connectivity index (χ0) is 52.0. The minimum absolute atomic E-state index is 0.136. The Morgan fingerprint density at radius 3 is 1.71 bits per heavy atom. The van der Waals surface area contributed by atoms with Gasteiger partial charge in [-0.05, 0) is 144 Å². The molecule has 2 unspecified atom stereocenters. The SMILES string of the molecule is Cc1cc(C(F)(F)F)nn1C(CC1CCOCC1)C(=O)N1CCCc2c1cnn2-c1ccc(F)cc1.Cc1cc(C(F)(F)F)nn1CC(=O)N1CCCc2c1cnn2-c1ccc(F)cc1.ICC1CCCOC1. The van der Waals surface area contributed by atoms with Gasteiger partial charge in [0.05, 0.1) is 53.1 Å². The third-order valence-electron chi connectivity index (χ3n) is 13.3. The molecular weight excluding hydrogens is 1080 g/mol. The van der Waals surface area contributed by atoms with Crippen molar-refractivity contribution in [3.8, 4) is 11.4 Å². The van der Waals surface area contributed by atoms with Gasteiger partial charge < -0.3 is 19.3 Å². The Morgan fingerprint density at radius 2 is 1.22 bits per heavy atom. The molecule has 6 aromatic rings. The first-order valence-electron chi connectivity index (χ1n) is 24.1. The first kappa shape index (κ1) is 53.6. The number of ether oxygens (including phenoxy) is 2. The maximum Gasteiger partial charge on any atom is 0.435 e. The number of benzene rings is 2. The number of alkyl halides is 7. The quantitative estimate of drug-likeness (QED) is 0.0795. The number of aryl methyl sites for hydroxylation is 2. The highest BCUT2D eigenvalue weighted by Gasteiger charge is 2.40. The first-order chi connectivity index (χ1) is 34.9. The fourth-order valence-corrected chi connectivity index (χ4v) is 10.2. The van der Waals surface area contributed by atoms with Gasteiger partial charge in [-0.15, -0.1) is 0 Å². The number of hydrogen-bond acceptors (Lipinski definition) is 8. The lowest BCUT2D eigenvalue weighted by Crippen LogP contribution is -2.42. The molecule has 0 bridgehead atoms.